The van der Waals surface area contributed by atoms with Gasteiger partial charge in [0.25, 0.3) is 0 Å². The van der Waals surface area contributed by atoms with E-state index in [9.17, 15) is 10.2 Å². The molecular weight excluding hydrogens is 190 g/mol. The smallest absolute Gasteiger partial charge is 0.157 e. The summed E-state index contributed by atoms with van der Waals surface area (Å²) in [4.78, 5) is 0. The summed E-state index contributed by atoms with van der Waals surface area (Å²) in [7, 11) is 0. The van der Waals surface area contributed by atoms with Crippen molar-refractivity contribution in [2.24, 2.45) is 5.92 Å². The highest BCUT2D eigenvalue weighted by molar-refractivity contribution is 5.48. The van der Waals surface area contributed by atoms with Gasteiger partial charge in [0.2, 0.25) is 0 Å². The highest BCUT2D eigenvalue weighted by Crippen LogP contribution is 2.42. The summed E-state index contributed by atoms with van der Waals surface area (Å²) in [6.45, 7) is 2.09. The Bertz CT molecular complexity index is 403. The number of nitrogens with one attached hydrogen (secondary N) is 1. The van der Waals surface area contributed by atoms with Gasteiger partial charge in [0.15, 0.2) is 11.5 Å². The summed E-state index contributed by atoms with van der Waals surface area (Å²) in [6, 6.07) is 3.47. The number of fused-ring (bicyclic) bond motifs is 3. The van der Waals surface area contributed by atoms with Crippen molar-refractivity contribution in [1.82, 2.24) is 5.32 Å². The molecule has 2 aliphatic rings. The third kappa shape index (κ3) is 1.30. The molecule has 0 amide bonds. The van der Waals surface area contributed by atoms with E-state index in [4.69, 9.17) is 0 Å². The number of rotatable bonds is 0. The first-order valence-corrected chi connectivity index (χ1v) is 5.51. The molecule has 3 N–H and O–H groups in total. The third-order valence-electron chi connectivity index (χ3n) is 3.76. The molecule has 2 atom stereocenters. The fourth-order valence-electron chi connectivity index (χ4n) is 2.94. The lowest BCUT2D eigenvalue weighted by atomic mass is 9.77. The lowest BCUT2D eigenvalue weighted by Gasteiger charge is -2.27. The minimum atomic E-state index is 0.0122. The van der Waals surface area contributed by atoms with Crippen LogP contribution in [0.2, 0.25) is 0 Å². The zero-order chi connectivity index (χ0) is 10.4. The van der Waals surface area contributed by atoms with Crippen LogP contribution in [0.4, 0.5) is 0 Å². The van der Waals surface area contributed by atoms with Gasteiger partial charge in [-0.2, -0.15) is 0 Å². The van der Waals surface area contributed by atoms with Crippen LogP contribution in [-0.2, 0) is 6.42 Å². The van der Waals surface area contributed by atoms with Crippen molar-refractivity contribution in [3.05, 3.63) is 23.3 Å². The number of phenolic OH excluding ortho intramolecular Hbond substituents is 2. The maximum atomic E-state index is 9.52. The van der Waals surface area contributed by atoms with Gasteiger partial charge in [-0.1, -0.05) is 0 Å². The molecule has 0 radical (unpaired) electrons. The van der Waals surface area contributed by atoms with Crippen LogP contribution in [0.3, 0.4) is 0 Å². The third-order valence-corrected chi connectivity index (χ3v) is 3.76. The van der Waals surface area contributed by atoms with Gasteiger partial charge in [-0.15, -0.1) is 0 Å². The molecule has 1 aliphatic carbocycles. The van der Waals surface area contributed by atoms with Crippen molar-refractivity contribution in [3.8, 4) is 11.5 Å². The van der Waals surface area contributed by atoms with E-state index in [0.29, 0.717) is 11.8 Å². The summed E-state index contributed by atoms with van der Waals surface area (Å²) in [5.74, 6) is 1.26. The number of benzene rings is 1. The lowest BCUT2D eigenvalue weighted by Crippen LogP contribution is -2.18. The van der Waals surface area contributed by atoms with Crippen LogP contribution < -0.4 is 5.32 Å². The van der Waals surface area contributed by atoms with Crippen LogP contribution in [0.5, 0.6) is 11.5 Å². The minimum Gasteiger partial charge on any atom is -0.504 e. The Labute approximate surface area is 88.7 Å². The second kappa shape index (κ2) is 3.14. The van der Waals surface area contributed by atoms with E-state index in [1.165, 1.54) is 17.5 Å². The van der Waals surface area contributed by atoms with Gasteiger partial charge in [-0.25, -0.2) is 0 Å². The summed E-state index contributed by atoms with van der Waals surface area (Å²) in [6.07, 6.45) is 2.21. The molecule has 1 aromatic carbocycles. The lowest BCUT2D eigenvalue weighted by molar-refractivity contribution is 0.395. The Morgan fingerprint density at radius 2 is 1.93 bits per heavy atom. The van der Waals surface area contributed by atoms with Gasteiger partial charge >= 0.3 is 0 Å². The van der Waals surface area contributed by atoms with Crippen LogP contribution in [0.25, 0.3) is 0 Å². The Morgan fingerprint density at radius 3 is 2.80 bits per heavy atom. The maximum Gasteiger partial charge on any atom is 0.157 e. The molecule has 0 spiro atoms. The predicted molar refractivity (Wildman–Crippen MR) is 57.2 cm³/mol. The minimum absolute atomic E-state index is 0.0122. The first-order chi connectivity index (χ1) is 7.25. The van der Waals surface area contributed by atoms with E-state index in [1.807, 2.05) is 0 Å². The van der Waals surface area contributed by atoms with Crippen molar-refractivity contribution >= 4 is 0 Å². The molecule has 1 saturated heterocycles. The summed E-state index contributed by atoms with van der Waals surface area (Å²) < 4.78 is 0. The highest BCUT2D eigenvalue weighted by Gasteiger charge is 2.33. The molecule has 1 fully saturated rings. The number of hydrogen-bond donors (Lipinski definition) is 3. The SMILES string of the molecule is Oc1cc2c(cc1O)C1CNCC1CC2. The predicted octanol–water partition coefficient (Wildman–Crippen LogP) is 1.35. The second-order valence-corrected chi connectivity index (χ2v) is 4.60. The van der Waals surface area contributed by atoms with E-state index >= 15 is 0 Å². The highest BCUT2D eigenvalue weighted by atomic mass is 16.3. The number of phenols is 2. The quantitative estimate of drug-likeness (QED) is 0.560. The molecule has 1 heterocycles. The summed E-state index contributed by atoms with van der Waals surface area (Å²) in [5, 5.41) is 22.4. The van der Waals surface area contributed by atoms with E-state index in [1.54, 1.807) is 12.1 Å². The Hall–Kier alpha value is -1.22. The van der Waals surface area contributed by atoms with E-state index in [-0.39, 0.29) is 11.5 Å². The largest absolute Gasteiger partial charge is 0.504 e. The fraction of sp³-hybridized carbons (Fsp3) is 0.500. The molecule has 3 nitrogen and oxygen atoms in total. The summed E-state index contributed by atoms with van der Waals surface area (Å²) in [5.41, 5.74) is 2.43. The first kappa shape index (κ1) is 9.04. The Morgan fingerprint density at radius 1 is 1.13 bits per heavy atom. The molecule has 1 aliphatic heterocycles. The number of aromatic hydroxyl groups is 2. The Kier molecular flexibility index (Phi) is 1.89. The molecular formula is C12H15NO2. The topological polar surface area (TPSA) is 52.5 Å². The van der Waals surface area contributed by atoms with E-state index in [2.05, 4.69) is 5.32 Å². The standard InChI is InChI=1S/C12H15NO2/c14-11-3-7-1-2-8-5-13-6-10(8)9(7)4-12(11)15/h3-4,8,10,13-15H,1-2,5-6H2. The van der Waals surface area contributed by atoms with Gasteiger partial charge < -0.3 is 15.5 Å². The van der Waals surface area contributed by atoms with Crippen LogP contribution in [0.15, 0.2) is 12.1 Å². The fourth-order valence-corrected chi connectivity index (χ4v) is 2.94. The van der Waals surface area contributed by atoms with Crippen molar-refractivity contribution in [1.29, 1.82) is 0 Å². The van der Waals surface area contributed by atoms with Crippen LogP contribution >= 0.6 is 0 Å². The molecule has 1 aromatic rings. The molecule has 0 saturated carbocycles. The van der Waals surface area contributed by atoms with Gasteiger partial charge in [0.1, 0.15) is 0 Å². The number of aryl methyl sites for hydroxylation is 1. The molecule has 15 heavy (non-hydrogen) atoms. The second-order valence-electron chi connectivity index (χ2n) is 4.60. The van der Waals surface area contributed by atoms with Crippen LogP contribution in [-0.4, -0.2) is 23.3 Å². The monoisotopic (exact) mass is 205 g/mol. The van der Waals surface area contributed by atoms with Crippen LogP contribution in [0.1, 0.15) is 23.5 Å². The van der Waals surface area contributed by atoms with Gasteiger partial charge in [0, 0.05) is 12.5 Å². The van der Waals surface area contributed by atoms with Crippen molar-refractivity contribution in [2.75, 3.05) is 13.1 Å². The zero-order valence-corrected chi connectivity index (χ0v) is 8.53. The molecule has 2 unspecified atom stereocenters. The maximum absolute atomic E-state index is 9.52. The zero-order valence-electron chi connectivity index (χ0n) is 8.53. The number of hydrogen-bond acceptors (Lipinski definition) is 3. The Balaban J connectivity index is 2.09. The van der Waals surface area contributed by atoms with E-state index in [0.717, 1.165) is 19.5 Å². The molecule has 80 valence electrons. The first-order valence-electron chi connectivity index (χ1n) is 5.51. The molecule has 0 bridgehead atoms. The van der Waals surface area contributed by atoms with Gasteiger partial charge in [0.05, 0.1) is 0 Å². The van der Waals surface area contributed by atoms with Crippen molar-refractivity contribution < 1.29 is 10.2 Å². The van der Waals surface area contributed by atoms with Crippen molar-refractivity contribution in [3.63, 3.8) is 0 Å². The normalized spacial score (nSPS) is 28.5. The molecule has 3 rings (SSSR count). The summed E-state index contributed by atoms with van der Waals surface area (Å²) >= 11 is 0. The van der Waals surface area contributed by atoms with Crippen LogP contribution in [0, 0.1) is 5.92 Å². The average Bonchev–Trinajstić information content (AvgIpc) is 2.68. The van der Waals surface area contributed by atoms with Crippen molar-refractivity contribution in [2.45, 2.75) is 18.8 Å². The molecule has 3 heteroatoms. The molecule has 0 aromatic heterocycles. The van der Waals surface area contributed by atoms with Gasteiger partial charge in [-0.05, 0) is 48.6 Å². The average molecular weight is 205 g/mol. The van der Waals surface area contributed by atoms with Gasteiger partial charge in [-0.3, -0.25) is 0 Å². The van der Waals surface area contributed by atoms with E-state index < -0.39 is 0 Å².